The van der Waals surface area contributed by atoms with E-state index in [0.29, 0.717) is 5.39 Å². The van der Waals surface area contributed by atoms with Crippen molar-refractivity contribution in [1.29, 1.82) is 0 Å². The molecular weight excluding hydrogens is 290 g/mol. The van der Waals surface area contributed by atoms with Gasteiger partial charge < -0.3 is 9.67 Å². The molecule has 0 saturated carbocycles. The van der Waals surface area contributed by atoms with Crippen molar-refractivity contribution < 1.29 is 9.90 Å². The first-order chi connectivity index (χ1) is 11.2. The third-order valence-corrected chi connectivity index (χ3v) is 4.49. The first-order valence-corrected chi connectivity index (χ1v) is 7.64. The zero-order chi connectivity index (χ0) is 16.0. The number of aromatic carboxylic acids is 1. The number of pyridine rings is 1. The summed E-state index contributed by atoms with van der Waals surface area (Å²) in [7, 11) is 0. The molecule has 0 saturated heterocycles. The summed E-state index contributed by atoms with van der Waals surface area (Å²) < 4.78 is 1.92. The molecule has 0 aliphatic carbocycles. The number of rotatable bonds is 2. The number of aryl methyl sites for hydroxylation is 2. The molecule has 4 nitrogen and oxygen atoms in total. The van der Waals surface area contributed by atoms with Crippen LogP contribution in [-0.2, 0) is 13.0 Å². The summed E-state index contributed by atoms with van der Waals surface area (Å²) in [5.74, 6) is -1.17. The Hall–Kier alpha value is -2.88. The number of carbonyl (C=O) groups is 1. The van der Waals surface area contributed by atoms with E-state index in [1.165, 1.54) is 6.20 Å². The van der Waals surface area contributed by atoms with Gasteiger partial charge in [-0.2, -0.15) is 0 Å². The van der Waals surface area contributed by atoms with E-state index in [1.54, 1.807) is 6.07 Å². The lowest BCUT2D eigenvalue weighted by Gasteiger charge is -2.23. The van der Waals surface area contributed by atoms with E-state index in [1.807, 2.05) is 28.8 Å². The number of carboxylic acid groups (broad SMARTS) is 1. The van der Waals surface area contributed by atoms with Crippen LogP contribution >= 0.6 is 0 Å². The van der Waals surface area contributed by atoms with Gasteiger partial charge in [-0.25, -0.2) is 4.79 Å². The van der Waals surface area contributed by atoms with Crippen molar-refractivity contribution in [1.82, 2.24) is 4.57 Å². The standard InChI is InChI=1S/C19H15NO3/c21-18-15-9-8-13(12-5-2-1-3-6-12)14-7-4-10-20(17(14)15)11-16(18)19(22)23/h1-3,5-6,8-9,11H,4,7,10H2,(H,22,23). The van der Waals surface area contributed by atoms with Gasteiger partial charge in [0.1, 0.15) is 5.56 Å². The lowest BCUT2D eigenvalue weighted by atomic mass is 9.91. The van der Waals surface area contributed by atoms with Crippen LogP contribution < -0.4 is 5.43 Å². The van der Waals surface area contributed by atoms with Crippen LogP contribution in [0.15, 0.2) is 53.5 Å². The van der Waals surface area contributed by atoms with Gasteiger partial charge in [-0.05, 0) is 35.6 Å². The summed E-state index contributed by atoms with van der Waals surface area (Å²) >= 11 is 0. The summed E-state index contributed by atoms with van der Waals surface area (Å²) in [5, 5.41) is 9.75. The van der Waals surface area contributed by atoms with Crippen molar-refractivity contribution in [2.75, 3.05) is 0 Å². The average molecular weight is 305 g/mol. The minimum Gasteiger partial charge on any atom is -0.477 e. The Morgan fingerprint density at radius 1 is 1.09 bits per heavy atom. The van der Waals surface area contributed by atoms with Gasteiger partial charge in [0.05, 0.1) is 5.52 Å². The lowest BCUT2D eigenvalue weighted by Crippen LogP contribution is -2.22. The maximum atomic E-state index is 12.5. The highest BCUT2D eigenvalue weighted by Crippen LogP contribution is 2.33. The van der Waals surface area contributed by atoms with Crippen molar-refractivity contribution in [2.24, 2.45) is 0 Å². The summed E-state index contributed by atoms with van der Waals surface area (Å²) in [6.07, 6.45) is 3.33. The molecule has 0 bridgehead atoms. The van der Waals surface area contributed by atoms with Crippen LogP contribution in [0.2, 0.25) is 0 Å². The highest BCUT2D eigenvalue weighted by Gasteiger charge is 2.21. The van der Waals surface area contributed by atoms with E-state index in [-0.39, 0.29) is 5.56 Å². The van der Waals surface area contributed by atoms with Crippen molar-refractivity contribution in [3.8, 4) is 11.1 Å². The zero-order valence-electron chi connectivity index (χ0n) is 12.5. The van der Waals surface area contributed by atoms with Gasteiger partial charge in [0.2, 0.25) is 5.43 Å². The van der Waals surface area contributed by atoms with Gasteiger partial charge in [0.15, 0.2) is 0 Å². The molecule has 23 heavy (non-hydrogen) atoms. The third kappa shape index (κ3) is 2.06. The summed E-state index contributed by atoms with van der Waals surface area (Å²) in [6.45, 7) is 0.738. The van der Waals surface area contributed by atoms with Crippen molar-refractivity contribution in [3.63, 3.8) is 0 Å². The van der Waals surface area contributed by atoms with Crippen molar-refractivity contribution in [3.05, 3.63) is 70.0 Å². The quantitative estimate of drug-likeness (QED) is 0.790. The van der Waals surface area contributed by atoms with Crippen LogP contribution in [0.25, 0.3) is 22.0 Å². The molecule has 0 spiro atoms. The number of aromatic nitrogens is 1. The van der Waals surface area contributed by atoms with Gasteiger partial charge >= 0.3 is 5.97 Å². The molecule has 114 valence electrons. The van der Waals surface area contributed by atoms with E-state index >= 15 is 0 Å². The minimum absolute atomic E-state index is 0.155. The Balaban J connectivity index is 2.10. The Morgan fingerprint density at radius 2 is 1.87 bits per heavy atom. The van der Waals surface area contributed by atoms with Gasteiger partial charge in [-0.15, -0.1) is 0 Å². The fraction of sp³-hybridized carbons (Fsp3) is 0.158. The van der Waals surface area contributed by atoms with Gasteiger partial charge in [0.25, 0.3) is 0 Å². The number of carboxylic acids is 1. The number of hydrogen-bond acceptors (Lipinski definition) is 2. The van der Waals surface area contributed by atoms with E-state index in [0.717, 1.165) is 41.6 Å². The number of nitrogens with zero attached hydrogens (tertiary/aromatic N) is 1. The second-order valence-corrected chi connectivity index (χ2v) is 5.83. The van der Waals surface area contributed by atoms with Crippen LogP contribution in [0.1, 0.15) is 22.3 Å². The molecule has 0 amide bonds. The Kier molecular flexibility index (Phi) is 3.05. The second kappa shape index (κ2) is 5.09. The number of benzene rings is 2. The smallest absolute Gasteiger partial charge is 0.341 e. The predicted octanol–water partition coefficient (Wildman–Crippen LogP) is 3.31. The molecule has 1 aliphatic rings. The maximum Gasteiger partial charge on any atom is 0.341 e. The Labute approximate surface area is 132 Å². The molecule has 4 rings (SSSR count). The minimum atomic E-state index is -1.17. The molecule has 0 unspecified atom stereocenters. The largest absolute Gasteiger partial charge is 0.477 e. The molecule has 0 fully saturated rings. The van der Waals surface area contributed by atoms with Crippen LogP contribution in [-0.4, -0.2) is 15.6 Å². The fourth-order valence-corrected chi connectivity index (χ4v) is 3.47. The van der Waals surface area contributed by atoms with E-state index in [4.69, 9.17) is 0 Å². The first kappa shape index (κ1) is 13.8. The lowest BCUT2D eigenvalue weighted by molar-refractivity contribution is 0.0695. The van der Waals surface area contributed by atoms with Crippen LogP contribution in [0.3, 0.4) is 0 Å². The molecule has 1 N–H and O–H groups in total. The van der Waals surface area contributed by atoms with E-state index < -0.39 is 11.4 Å². The van der Waals surface area contributed by atoms with E-state index in [2.05, 4.69) is 12.1 Å². The molecule has 0 atom stereocenters. The van der Waals surface area contributed by atoms with Gasteiger partial charge in [-0.3, -0.25) is 4.79 Å². The predicted molar refractivity (Wildman–Crippen MR) is 88.9 cm³/mol. The molecule has 4 heteroatoms. The van der Waals surface area contributed by atoms with Crippen LogP contribution in [0.4, 0.5) is 0 Å². The molecule has 3 aromatic rings. The molecule has 0 radical (unpaired) electrons. The fourth-order valence-electron chi connectivity index (χ4n) is 3.47. The third-order valence-electron chi connectivity index (χ3n) is 4.49. The molecular formula is C19H15NO3. The summed E-state index contributed by atoms with van der Waals surface area (Å²) in [4.78, 5) is 23.8. The van der Waals surface area contributed by atoms with Crippen molar-refractivity contribution in [2.45, 2.75) is 19.4 Å². The van der Waals surface area contributed by atoms with E-state index in [9.17, 15) is 14.7 Å². The molecule has 1 aliphatic heterocycles. The highest BCUT2D eigenvalue weighted by atomic mass is 16.4. The monoisotopic (exact) mass is 305 g/mol. The highest BCUT2D eigenvalue weighted by molar-refractivity contribution is 5.95. The molecule has 2 aromatic carbocycles. The first-order valence-electron chi connectivity index (χ1n) is 7.64. The SMILES string of the molecule is O=C(O)c1cn2c3c(c(-c4ccccc4)ccc3c1=O)CCC2. The van der Waals surface area contributed by atoms with Crippen LogP contribution in [0, 0.1) is 0 Å². The van der Waals surface area contributed by atoms with Gasteiger partial charge in [-0.1, -0.05) is 36.4 Å². The normalized spacial score (nSPS) is 13.2. The molecule has 1 aromatic heterocycles. The van der Waals surface area contributed by atoms with Crippen LogP contribution in [0.5, 0.6) is 0 Å². The zero-order valence-corrected chi connectivity index (χ0v) is 12.5. The topological polar surface area (TPSA) is 59.3 Å². The summed E-state index contributed by atoms with van der Waals surface area (Å²) in [6, 6.07) is 13.8. The molecule has 2 heterocycles. The van der Waals surface area contributed by atoms with Crippen molar-refractivity contribution >= 4 is 16.9 Å². The van der Waals surface area contributed by atoms with Gasteiger partial charge in [0, 0.05) is 18.1 Å². The average Bonchev–Trinajstić information content (AvgIpc) is 2.58. The maximum absolute atomic E-state index is 12.5. The number of hydrogen-bond donors (Lipinski definition) is 1. The second-order valence-electron chi connectivity index (χ2n) is 5.83. The Morgan fingerprint density at radius 3 is 2.61 bits per heavy atom. The summed E-state index contributed by atoms with van der Waals surface area (Å²) in [5.41, 5.74) is 3.70. The Bertz CT molecular complexity index is 987.